The monoisotopic (exact) mass is 234 g/mol. The molecule has 1 rings (SSSR count). The van der Waals surface area contributed by atoms with E-state index in [0.29, 0.717) is 0 Å². The Kier molecular flexibility index (Phi) is 5.66. The van der Waals surface area contributed by atoms with Crippen molar-refractivity contribution < 1.29 is 0 Å². The first-order valence-electron chi connectivity index (χ1n) is 6.57. The topological polar surface area (TPSA) is 15.3 Å². The van der Waals surface area contributed by atoms with Gasteiger partial charge >= 0.3 is 0 Å². The smallest absolute Gasteiger partial charge is 0.0176 e. The molecule has 1 aromatic rings. The zero-order valence-electron chi connectivity index (χ0n) is 11.7. The summed E-state index contributed by atoms with van der Waals surface area (Å²) >= 11 is 0. The van der Waals surface area contributed by atoms with E-state index in [0.717, 1.165) is 26.2 Å². The molecule has 17 heavy (non-hydrogen) atoms. The maximum atomic E-state index is 3.49. The predicted molar refractivity (Wildman–Crippen MR) is 75.5 cm³/mol. The fourth-order valence-corrected chi connectivity index (χ4v) is 2.20. The summed E-state index contributed by atoms with van der Waals surface area (Å²) in [5, 5.41) is 3.49. The molecular weight excluding hydrogens is 208 g/mol. The van der Waals surface area contributed by atoms with Crippen molar-refractivity contribution in [1.29, 1.82) is 0 Å². The van der Waals surface area contributed by atoms with Gasteiger partial charge in [-0.05, 0) is 25.7 Å². The van der Waals surface area contributed by atoms with E-state index in [1.54, 1.807) is 0 Å². The molecule has 96 valence electrons. The Morgan fingerprint density at radius 2 is 1.82 bits per heavy atom. The van der Waals surface area contributed by atoms with Gasteiger partial charge in [-0.15, -0.1) is 0 Å². The summed E-state index contributed by atoms with van der Waals surface area (Å²) in [5.74, 6) is 0. The highest BCUT2D eigenvalue weighted by Crippen LogP contribution is 2.23. The van der Waals surface area contributed by atoms with E-state index in [2.05, 4.69) is 68.4 Å². The van der Waals surface area contributed by atoms with Crippen LogP contribution in [0.25, 0.3) is 0 Å². The Morgan fingerprint density at radius 1 is 1.18 bits per heavy atom. The maximum Gasteiger partial charge on any atom is 0.0176 e. The summed E-state index contributed by atoms with van der Waals surface area (Å²) in [4.78, 5) is 2.38. The Bertz CT molecular complexity index is 310. The van der Waals surface area contributed by atoms with Crippen LogP contribution in [0.15, 0.2) is 30.3 Å². The molecule has 1 unspecified atom stereocenters. The lowest BCUT2D eigenvalue weighted by atomic mass is 9.81. The van der Waals surface area contributed by atoms with Crippen molar-refractivity contribution >= 4 is 0 Å². The van der Waals surface area contributed by atoms with Gasteiger partial charge in [0.25, 0.3) is 0 Å². The molecule has 2 heteroatoms. The number of nitrogens with zero attached hydrogens (tertiary/aromatic N) is 1. The van der Waals surface area contributed by atoms with E-state index in [1.165, 1.54) is 5.56 Å². The zero-order chi connectivity index (χ0) is 12.7. The minimum absolute atomic E-state index is 0.183. The molecule has 1 aromatic carbocycles. The lowest BCUT2D eigenvalue weighted by Gasteiger charge is -2.34. The van der Waals surface area contributed by atoms with Crippen molar-refractivity contribution in [2.75, 3.05) is 33.2 Å². The highest BCUT2D eigenvalue weighted by atomic mass is 15.1. The largest absolute Gasteiger partial charge is 0.316 e. The van der Waals surface area contributed by atoms with Crippen molar-refractivity contribution in [3.05, 3.63) is 35.9 Å². The molecule has 1 N–H and O–H groups in total. The number of hydrogen-bond donors (Lipinski definition) is 1. The van der Waals surface area contributed by atoms with Gasteiger partial charge in [0.2, 0.25) is 0 Å². The first kappa shape index (κ1) is 14.2. The Hall–Kier alpha value is -0.860. The minimum atomic E-state index is 0.183. The van der Waals surface area contributed by atoms with Crippen LogP contribution in [0.2, 0.25) is 0 Å². The molecule has 0 spiro atoms. The number of nitrogens with one attached hydrogen (secondary N) is 1. The van der Waals surface area contributed by atoms with Gasteiger partial charge in [-0.2, -0.15) is 0 Å². The molecule has 0 aliphatic heterocycles. The highest BCUT2D eigenvalue weighted by molar-refractivity contribution is 5.25. The standard InChI is InChI=1S/C15H26N2/c1-5-16-12-15(3,13-17(4)6-2)14-10-8-7-9-11-14/h7-11,16H,5-6,12-13H2,1-4H3. The van der Waals surface area contributed by atoms with Crippen molar-refractivity contribution in [3.8, 4) is 0 Å². The Balaban J connectivity index is 2.85. The molecule has 1 atom stereocenters. The van der Waals surface area contributed by atoms with E-state index in [-0.39, 0.29) is 5.41 Å². The number of hydrogen-bond acceptors (Lipinski definition) is 2. The van der Waals surface area contributed by atoms with E-state index >= 15 is 0 Å². The van der Waals surface area contributed by atoms with Gasteiger partial charge in [0.1, 0.15) is 0 Å². The van der Waals surface area contributed by atoms with Crippen LogP contribution in [0.4, 0.5) is 0 Å². The van der Waals surface area contributed by atoms with E-state index in [4.69, 9.17) is 0 Å². The molecule has 0 saturated carbocycles. The molecule has 0 radical (unpaired) electrons. The first-order valence-corrected chi connectivity index (χ1v) is 6.57. The van der Waals surface area contributed by atoms with Crippen LogP contribution in [-0.4, -0.2) is 38.1 Å². The van der Waals surface area contributed by atoms with Gasteiger partial charge in [0.05, 0.1) is 0 Å². The van der Waals surface area contributed by atoms with Gasteiger partial charge in [0, 0.05) is 18.5 Å². The highest BCUT2D eigenvalue weighted by Gasteiger charge is 2.27. The lowest BCUT2D eigenvalue weighted by molar-refractivity contribution is 0.260. The van der Waals surface area contributed by atoms with Crippen LogP contribution in [0.3, 0.4) is 0 Å². The third kappa shape index (κ3) is 4.14. The van der Waals surface area contributed by atoms with E-state index in [1.807, 2.05) is 0 Å². The quantitative estimate of drug-likeness (QED) is 0.780. The summed E-state index contributed by atoms with van der Waals surface area (Å²) in [7, 11) is 2.19. The van der Waals surface area contributed by atoms with Crippen LogP contribution in [-0.2, 0) is 5.41 Å². The van der Waals surface area contributed by atoms with Gasteiger partial charge in [0.15, 0.2) is 0 Å². The van der Waals surface area contributed by atoms with Crippen LogP contribution >= 0.6 is 0 Å². The second-order valence-corrected chi connectivity index (χ2v) is 5.04. The SMILES string of the molecule is CCNCC(C)(CN(C)CC)c1ccccc1. The van der Waals surface area contributed by atoms with Gasteiger partial charge in [-0.1, -0.05) is 51.1 Å². The molecule has 0 aliphatic carbocycles. The fraction of sp³-hybridized carbons (Fsp3) is 0.600. The normalized spacial score (nSPS) is 14.9. The minimum Gasteiger partial charge on any atom is -0.316 e. The van der Waals surface area contributed by atoms with Gasteiger partial charge in [-0.3, -0.25) is 0 Å². The third-order valence-corrected chi connectivity index (χ3v) is 3.39. The van der Waals surface area contributed by atoms with Gasteiger partial charge in [-0.25, -0.2) is 0 Å². The summed E-state index contributed by atoms with van der Waals surface area (Å²) in [6.07, 6.45) is 0. The number of benzene rings is 1. The number of rotatable bonds is 7. The van der Waals surface area contributed by atoms with Crippen LogP contribution in [0, 0.1) is 0 Å². The summed E-state index contributed by atoms with van der Waals surface area (Å²) in [6.45, 7) is 10.9. The van der Waals surface area contributed by atoms with Crippen molar-refractivity contribution in [1.82, 2.24) is 10.2 Å². The second kappa shape index (κ2) is 6.77. The van der Waals surface area contributed by atoms with E-state index < -0.39 is 0 Å². The molecule has 0 aromatic heterocycles. The van der Waals surface area contributed by atoms with Crippen LogP contribution in [0.5, 0.6) is 0 Å². The van der Waals surface area contributed by atoms with Crippen molar-refractivity contribution in [3.63, 3.8) is 0 Å². The van der Waals surface area contributed by atoms with Crippen molar-refractivity contribution in [2.45, 2.75) is 26.2 Å². The fourth-order valence-electron chi connectivity index (χ4n) is 2.20. The molecule has 0 heterocycles. The molecule has 0 saturated heterocycles. The molecular formula is C15H26N2. The third-order valence-electron chi connectivity index (χ3n) is 3.39. The second-order valence-electron chi connectivity index (χ2n) is 5.04. The maximum absolute atomic E-state index is 3.49. The summed E-state index contributed by atoms with van der Waals surface area (Å²) in [6, 6.07) is 10.8. The van der Waals surface area contributed by atoms with Crippen LogP contribution < -0.4 is 5.32 Å². The van der Waals surface area contributed by atoms with Crippen LogP contribution in [0.1, 0.15) is 26.3 Å². The average molecular weight is 234 g/mol. The lowest BCUT2D eigenvalue weighted by Crippen LogP contribution is -2.44. The van der Waals surface area contributed by atoms with Crippen molar-refractivity contribution in [2.24, 2.45) is 0 Å². The summed E-state index contributed by atoms with van der Waals surface area (Å²) < 4.78 is 0. The van der Waals surface area contributed by atoms with Gasteiger partial charge < -0.3 is 10.2 Å². The zero-order valence-corrected chi connectivity index (χ0v) is 11.7. The summed E-state index contributed by atoms with van der Waals surface area (Å²) in [5.41, 5.74) is 1.60. The number of likely N-dealkylation sites (N-methyl/N-ethyl adjacent to an activating group) is 2. The molecule has 0 aliphatic rings. The Labute approximate surface area is 106 Å². The molecule has 0 amide bonds. The Morgan fingerprint density at radius 3 is 2.35 bits per heavy atom. The van der Waals surface area contributed by atoms with E-state index in [9.17, 15) is 0 Å². The average Bonchev–Trinajstić information content (AvgIpc) is 2.37. The first-order chi connectivity index (χ1) is 8.12. The predicted octanol–water partition coefficient (Wildman–Crippen LogP) is 2.51. The molecule has 0 bridgehead atoms. The molecule has 0 fully saturated rings. The molecule has 2 nitrogen and oxygen atoms in total.